The Kier molecular flexibility index (Phi) is 2.81. The molecule has 4 rings (SSSR count). The Morgan fingerprint density at radius 2 is 2.13 bits per heavy atom. The Morgan fingerprint density at radius 1 is 1.35 bits per heavy atom. The smallest absolute Gasteiger partial charge is 0.322 e. The Balaban J connectivity index is 2.03. The van der Waals surface area contributed by atoms with Crippen molar-refractivity contribution in [1.29, 1.82) is 0 Å². The maximum atomic E-state index is 12.1. The molecule has 114 valence electrons. The first-order chi connectivity index (χ1) is 11.1. The van der Waals surface area contributed by atoms with Crippen molar-refractivity contribution >= 4 is 16.9 Å². The number of nitrogens with zero attached hydrogens (tertiary/aromatic N) is 2. The van der Waals surface area contributed by atoms with Gasteiger partial charge in [-0.2, -0.15) is 0 Å². The molecule has 6 heteroatoms. The monoisotopic (exact) mass is 308 g/mol. The van der Waals surface area contributed by atoms with Crippen LogP contribution >= 0.6 is 0 Å². The van der Waals surface area contributed by atoms with Gasteiger partial charge in [0.05, 0.1) is 5.69 Å². The van der Waals surface area contributed by atoms with E-state index in [1.165, 1.54) is 12.3 Å². The zero-order chi connectivity index (χ0) is 16.1. The third-order valence-electron chi connectivity index (χ3n) is 4.30. The minimum Gasteiger partial charge on any atom is -0.454 e. The lowest BCUT2D eigenvalue weighted by Gasteiger charge is -2.25. The van der Waals surface area contributed by atoms with Crippen molar-refractivity contribution in [3.8, 4) is 11.5 Å². The average molecular weight is 308 g/mol. The van der Waals surface area contributed by atoms with Gasteiger partial charge in [0.1, 0.15) is 11.1 Å². The lowest BCUT2D eigenvalue weighted by atomic mass is 9.96. The van der Waals surface area contributed by atoms with E-state index in [9.17, 15) is 14.5 Å². The molecule has 0 bridgehead atoms. The Bertz CT molecular complexity index is 1030. The molecule has 0 radical (unpaired) electrons. The standard InChI is InChI=1S/C17H12N2O4/c1-9-6-11-10-4-2-3-5-15(10)23-16(11)13-7-14(20)12(8-19(9)13)17(21)18-22/h2-5,7-9H,6H2,1H3. The van der Waals surface area contributed by atoms with E-state index in [1.54, 1.807) is 4.57 Å². The number of rotatable bonds is 1. The number of hydrogen-bond acceptors (Lipinski definition) is 4. The molecule has 0 N–H and O–H groups in total. The molecule has 1 atom stereocenters. The second kappa shape index (κ2) is 4.74. The first kappa shape index (κ1) is 13.6. The third kappa shape index (κ3) is 1.88. The van der Waals surface area contributed by atoms with Gasteiger partial charge in [-0.05, 0) is 19.4 Å². The molecule has 2 aromatic heterocycles. The molecular weight excluding hydrogens is 296 g/mol. The van der Waals surface area contributed by atoms with Crippen molar-refractivity contribution in [2.24, 2.45) is 5.18 Å². The normalized spacial score (nSPS) is 16.0. The number of amides is 1. The third-order valence-corrected chi connectivity index (χ3v) is 4.30. The van der Waals surface area contributed by atoms with Crippen LogP contribution in [0.1, 0.15) is 28.9 Å². The van der Waals surface area contributed by atoms with Crippen LogP contribution in [0.2, 0.25) is 0 Å². The molecule has 0 fully saturated rings. The summed E-state index contributed by atoms with van der Waals surface area (Å²) in [5.74, 6) is -0.410. The quantitative estimate of drug-likeness (QED) is 0.646. The lowest BCUT2D eigenvalue weighted by Crippen LogP contribution is -2.23. The van der Waals surface area contributed by atoms with Crippen LogP contribution in [0.25, 0.3) is 22.4 Å². The highest BCUT2D eigenvalue weighted by Gasteiger charge is 2.28. The summed E-state index contributed by atoms with van der Waals surface area (Å²) >= 11 is 0. The molecule has 0 aliphatic carbocycles. The molecule has 1 unspecified atom stereocenters. The van der Waals surface area contributed by atoms with Crippen LogP contribution in [0, 0.1) is 4.91 Å². The second-order valence-corrected chi connectivity index (χ2v) is 5.70. The number of carbonyl (C=O) groups excluding carboxylic acids is 1. The van der Waals surface area contributed by atoms with Gasteiger partial charge in [0.25, 0.3) is 0 Å². The topological polar surface area (TPSA) is 81.6 Å². The number of pyridine rings is 1. The molecule has 6 nitrogen and oxygen atoms in total. The molecular formula is C17H12N2O4. The van der Waals surface area contributed by atoms with Crippen LogP contribution in [-0.2, 0) is 6.42 Å². The molecule has 1 aromatic carbocycles. The van der Waals surface area contributed by atoms with Crippen LogP contribution in [0.4, 0.5) is 0 Å². The van der Waals surface area contributed by atoms with E-state index in [1.807, 2.05) is 31.2 Å². The molecule has 23 heavy (non-hydrogen) atoms. The predicted octanol–water partition coefficient (Wildman–Crippen LogP) is 3.29. The zero-order valence-corrected chi connectivity index (χ0v) is 12.3. The van der Waals surface area contributed by atoms with Gasteiger partial charge in [0.15, 0.2) is 11.2 Å². The molecule has 0 saturated heterocycles. The minimum absolute atomic E-state index is 0.0253. The van der Waals surface area contributed by atoms with Gasteiger partial charge in [-0.1, -0.05) is 18.2 Å². The summed E-state index contributed by atoms with van der Waals surface area (Å²) in [6, 6.07) is 9.08. The second-order valence-electron chi connectivity index (χ2n) is 5.70. The van der Waals surface area contributed by atoms with Crippen molar-refractivity contribution in [3.63, 3.8) is 0 Å². The van der Waals surface area contributed by atoms with Crippen LogP contribution in [-0.4, -0.2) is 10.5 Å². The van der Waals surface area contributed by atoms with Gasteiger partial charge in [0, 0.05) is 34.4 Å². The maximum Gasteiger partial charge on any atom is 0.322 e. The Hall–Kier alpha value is -3.02. The van der Waals surface area contributed by atoms with E-state index in [0.29, 0.717) is 17.9 Å². The molecule has 1 aliphatic rings. The highest BCUT2D eigenvalue weighted by atomic mass is 16.3. The van der Waals surface area contributed by atoms with Crippen LogP contribution in [0.15, 0.2) is 50.9 Å². The summed E-state index contributed by atoms with van der Waals surface area (Å²) < 4.78 is 7.71. The summed E-state index contributed by atoms with van der Waals surface area (Å²) in [5, 5.41) is 3.38. The summed E-state index contributed by atoms with van der Waals surface area (Å²) in [6.45, 7) is 1.99. The van der Waals surface area contributed by atoms with E-state index in [2.05, 4.69) is 5.18 Å². The first-order valence-corrected chi connectivity index (χ1v) is 7.25. The summed E-state index contributed by atoms with van der Waals surface area (Å²) in [7, 11) is 0. The van der Waals surface area contributed by atoms with Crippen molar-refractivity contribution in [2.75, 3.05) is 0 Å². The highest BCUT2D eigenvalue weighted by molar-refractivity contribution is 5.95. The summed E-state index contributed by atoms with van der Waals surface area (Å²) in [4.78, 5) is 34.1. The SMILES string of the molecule is CC1Cc2c(oc3ccccc23)-c2cc(=O)c(C(=O)N=O)cn21. The fourth-order valence-electron chi connectivity index (χ4n) is 3.21. The molecule has 3 aromatic rings. The number of para-hydroxylation sites is 1. The van der Waals surface area contributed by atoms with Gasteiger partial charge < -0.3 is 8.98 Å². The number of carbonyl (C=O) groups is 1. The number of aromatic nitrogens is 1. The van der Waals surface area contributed by atoms with Crippen molar-refractivity contribution in [2.45, 2.75) is 19.4 Å². The first-order valence-electron chi connectivity index (χ1n) is 7.25. The molecule has 1 amide bonds. The van der Waals surface area contributed by atoms with E-state index in [-0.39, 0.29) is 11.6 Å². The zero-order valence-electron chi connectivity index (χ0n) is 12.3. The van der Waals surface area contributed by atoms with E-state index >= 15 is 0 Å². The maximum absolute atomic E-state index is 12.1. The van der Waals surface area contributed by atoms with Crippen molar-refractivity contribution < 1.29 is 9.21 Å². The molecule has 3 heterocycles. The fraction of sp³-hybridized carbons (Fsp3) is 0.176. The number of fused-ring (bicyclic) bond motifs is 5. The van der Waals surface area contributed by atoms with Crippen LogP contribution < -0.4 is 5.43 Å². The molecule has 1 aliphatic heterocycles. The van der Waals surface area contributed by atoms with Crippen molar-refractivity contribution in [3.05, 3.63) is 62.8 Å². The fourth-order valence-corrected chi connectivity index (χ4v) is 3.21. The minimum atomic E-state index is -1.05. The van der Waals surface area contributed by atoms with Crippen molar-refractivity contribution in [1.82, 2.24) is 4.57 Å². The van der Waals surface area contributed by atoms with Gasteiger partial charge >= 0.3 is 5.91 Å². The number of nitroso groups, excluding NO2 is 1. The van der Waals surface area contributed by atoms with E-state index in [0.717, 1.165) is 16.5 Å². The predicted molar refractivity (Wildman–Crippen MR) is 84.5 cm³/mol. The van der Waals surface area contributed by atoms with Gasteiger partial charge in [0.2, 0.25) is 0 Å². The van der Waals surface area contributed by atoms with E-state index < -0.39 is 11.3 Å². The summed E-state index contributed by atoms with van der Waals surface area (Å²) in [5.41, 5.74) is 1.69. The number of benzene rings is 1. The van der Waals surface area contributed by atoms with Gasteiger partial charge in [-0.25, -0.2) is 0 Å². The van der Waals surface area contributed by atoms with Crippen LogP contribution in [0.3, 0.4) is 0 Å². The molecule has 0 saturated carbocycles. The Morgan fingerprint density at radius 3 is 2.91 bits per heavy atom. The largest absolute Gasteiger partial charge is 0.454 e. The highest BCUT2D eigenvalue weighted by Crippen LogP contribution is 2.40. The van der Waals surface area contributed by atoms with E-state index in [4.69, 9.17) is 4.42 Å². The molecule has 0 spiro atoms. The average Bonchev–Trinajstić information content (AvgIpc) is 2.93. The number of hydrogen-bond donors (Lipinski definition) is 0. The van der Waals surface area contributed by atoms with Gasteiger partial charge in [-0.15, -0.1) is 4.91 Å². The number of furan rings is 1. The summed E-state index contributed by atoms with van der Waals surface area (Å²) in [6.07, 6.45) is 2.12. The van der Waals surface area contributed by atoms with Crippen LogP contribution in [0.5, 0.6) is 0 Å². The van der Waals surface area contributed by atoms with Gasteiger partial charge in [-0.3, -0.25) is 9.59 Å². The Labute approximate surface area is 130 Å². The lowest BCUT2D eigenvalue weighted by molar-refractivity contribution is 0.0999.